The van der Waals surface area contributed by atoms with E-state index in [1.807, 2.05) is 18.2 Å². The van der Waals surface area contributed by atoms with Gasteiger partial charge in [-0.15, -0.1) is 0 Å². The Hall–Kier alpha value is -2.12. The zero-order valence-corrected chi connectivity index (χ0v) is 10.7. The molecule has 4 nitrogen and oxygen atoms in total. The van der Waals surface area contributed by atoms with E-state index in [9.17, 15) is 0 Å². The molecule has 3 rings (SSSR count). The lowest BCUT2D eigenvalue weighted by molar-refractivity contribution is 0.449. The summed E-state index contributed by atoms with van der Waals surface area (Å²) in [4.78, 5) is 8.19. The van der Waals surface area contributed by atoms with Crippen LogP contribution in [-0.4, -0.2) is 23.1 Å². The summed E-state index contributed by atoms with van der Waals surface area (Å²) in [6.07, 6.45) is 3.87. The van der Waals surface area contributed by atoms with E-state index in [1.54, 1.807) is 0 Å². The van der Waals surface area contributed by atoms with Crippen molar-refractivity contribution in [2.75, 3.05) is 18.8 Å². The van der Waals surface area contributed by atoms with Gasteiger partial charge in [-0.1, -0.05) is 11.8 Å². The molecule has 2 aromatic rings. The number of nitrogens with one attached hydrogen (secondary N) is 1. The van der Waals surface area contributed by atoms with E-state index < -0.39 is 0 Å². The summed E-state index contributed by atoms with van der Waals surface area (Å²) in [5.41, 5.74) is 7.69. The molecule has 0 bridgehead atoms. The van der Waals surface area contributed by atoms with Crippen molar-refractivity contribution in [3.63, 3.8) is 0 Å². The largest absolute Gasteiger partial charge is 0.383 e. The minimum atomic E-state index is 0.453. The molecule has 0 aliphatic carbocycles. The van der Waals surface area contributed by atoms with Crippen LogP contribution in [0.2, 0.25) is 0 Å². The first-order chi connectivity index (χ1) is 9.33. The molecule has 1 aliphatic heterocycles. The topological polar surface area (TPSA) is 63.8 Å². The highest BCUT2D eigenvalue weighted by atomic mass is 14.9. The molecule has 1 aromatic carbocycles. The van der Waals surface area contributed by atoms with E-state index in [4.69, 9.17) is 5.73 Å². The average molecular weight is 252 g/mol. The molecule has 1 aromatic heterocycles. The van der Waals surface area contributed by atoms with Crippen molar-refractivity contribution in [2.24, 2.45) is 5.92 Å². The number of fused-ring (bicyclic) bond motifs is 1. The Morgan fingerprint density at radius 3 is 3.11 bits per heavy atom. The Bertz CT molecular complexity index is 648. The van der Waals surface area contributed by atoms with Crippen LogP contribution in [-0.2, 0) is 0 Å². The Labute approximate surface area is 112 Å². The van der Waals surface area contributed by atoms with Gasteiger partial charge < -0.3 is 11.1 Å². The highest BCUT2D eigenvalue weighted by molar-refractivity contribution is 5.88. The van der Waals surface area contributed by atoms with Gasteiger partial charge >= 0.3 is 0 Å². The number of rotatable bonds is 0. The number of hydrogen-bond acceptors (Lipinski definition) is 4. The van der Waals surface area contributed by atoms with E-state index in [0.29, 0.717) is 11.7 Å². The van der Waals surface area contributed by atoms with Gasteiger partial charge in [0.05, 0.1) is 5.52 Å². The SMILES string of the molecule is Nc1ncnc2ccc(C#CC3CCCNC3)cc12. The number of aromatic nitrogens is 2. The highest BCUT2D eigenvalue weighted by Gasteiger charge is 2.09. The fourth-order valence-corrected chi connectivity index (χ4v) is 2.31. The van der Waals surface area contributed by atoms with Crippen molar-refractivity contribution in [3.05, 3.63) is 30.1 Å². The first-order valence-corrected chi connectivity index (χ1v) is 6.55. The fourth-order valence-electron chi connectivity index (χ4n) is 2.31. The third kappa shape index (κ3) is 2.67. The van der Waals surface area contributed by atoms with Crippen LogP contribution in [0.4, 0.5) is 5.82 Å². The monoisotopic (exact) mass is 252 g/mol. The molecule has 0 radical (unpaired) electrons. The van der Waals surface area contributed by atoms with Crippen molar-refractivity contribution in [1.82, 2.24) is 15.3 Å². The second-order valence-corrected chi connectivity index (χ2v) is 4.80. The van der Waals surface area contributed by atoms with E-state index in [0.717, 1.165) is 29.6 Å². The van der Waals surface area contributed by atoms with Crippen LogP contribution in [0, 0.1) is 17.8 Å². The molecule has 1 saturated heterocycles. The smallest absolute Gasteiger partial charge is 0.134 e. The number of nitrogens with two attached hydrogens (primary N) is 1. The second kappa shape index (κ2) is 5.25. The maximum atomic E-state index is 5.85. The summed E-state index contributed by atoms with van der Waals surface area (Å²) in [5.74, 6) is 7.52. The standard InChI is InChI=1S/C15H16N4/c16-15-13-8-11(5-6-14(13)18-10-19-15)3-4-12-2-1-7-17-9-12/h5-6,8,10,12,17H,1-2,7,9H2,(H2,16,18,19). The molecular formula is C15H16N4. The number of benzene rings is 1. The first-order valence-electron chi connectivity index (χ1n) is 6.55. The van der Waals surface area contributed by atoms with E-state index >= 15 is 0 Å². The van der Waals surface area contributed by atoms with Gasteiger partial charge in [-0.3, -0.25) is 0 Å². The molecule has 1 atom stereocenters. The number of hydrogen-bond donors (Lipinski definition) is 2. The molecule has 19 heavy (non-hydrogen) atoms. The lowest BCUT2D eigenvalue weighted by Crippen LogP contribution is -2.28. The minimum Gasteiger partial charge on any atom is -0.383 e. The summed E-state index contributed by atoms with van der Waals surface area (Å²) in [5, 5.41) is 4.24. The summed E-state index contributed by atoms with van der Waals surface area (Å²) < 4.78 is 0. The minimum absolute atomic E-state index is 0.453. The van der Waals surface area contributed by atoms with Crippen LogP contribution in [0.15, 0.2) is 24.5 Å². The van der Waals surface area contributed by atoms with Gasteiger partial charge in [-0.2, -0.15) is 0 Å². The predicted octanol–water partition coefficient (Wildman–Crippen LogP) is 1.56. The maximum Gasteiger partial charge on any atom is 0.134 e. The molecule has 0 spiro atoms. The quantitative estimate of drug-likeness (QED) is 0.698. The number of piperidine rings is 1. The summed E-state index contributed by atoms with van der Waals surface area (Å²) in [6, 6.07) is 5.89. The van der Waals surface area contributed by atoms with E-state index in [2.05, 4.69) is 27.1 Å². The second-order valence-electron chi connectivity index (χ2n) is 4.80. The Balaban J connectivity index is 1.89. The van der Waals surface area contributed by atoms with Gasteiger partial charge in [0.2, 0.25) is 0 Å². The molecule has 3 N–H and O–H groups in total. The zero-order chi connectivity index (χ0) is 13.1. The molecule has 0 amide bonds. The summed E-state index contributed by atoms with van der Waals surface area (Å²) in [6.45, 7) is 2.11. The van der Waals surface area contributed by atoms with Crippen LogP contribution in [0.5, 0.6) is 0 Å². The van der Waals surface area contributed by atoms with Crippen molar-refractivity contribution >= 4 is 16.7 Å². The van der Waals surface area contributed by atoms with Crippen LogP contribution in [0.3, 0.4) is 0 Å². The van der Waals surface area contributed by atoms with E-state index in [1.165, 1.54) is 19.2 Å². The molecule has 4 heteroatoms. The molecule has 1 aliphatic rings. The van der Waals surface area contributed by atoms with Gasteiger partial charge in [0.15, 0.2) is 0 Å². The molecular weight excluding hydrogens is 236 g/mol. The zero-order valence-electron chi connectivity index (χ0n) is 10.7. The van der Waals surface area contributed by atoms with Gasteiger partial charge in [0.1, 0.15) is 12.1 Å². The van der Waals surface area contributed by atoms with Crippen LogP contribution in [0.1, 0.15) is 18.4 Å². The van der Waals surface area contributed by atoms with Crippen molar-refractivity contribution in [3.8, 4) is 11.8 Å². The molecule has 1 fully saturated rings. The summed E-state index contributed by atoms with van der Waals surface area (Å²) in [7, 11) is 0. The van der Waals surface area contributed by atoms with Crippen molar-refractivity contribution in [2.45, 2.75) is 12.8 Å². The van der Waals surface area contributed by atoms with Gasteiger partial charge in [-0.25, -0.2) is 9.97 Å². The molecule has 2 heterocycles. The lowest BCUT2D eigenvalue weighted by Gasteiger charge is -2.17. The molecule has 96 valence electrons. The number of nitrogens with zero attached hydrogens (tertiary/aromatic N) is 2. The van der Waals surface area contributed by atoms with E-state index in [-0.39, 0.29) is 0 Å². The lowest BCUT2D eigenvalue weighted by atomic mass is 10.00. The predicted molar refractivity (Wildman–Crippen MR) is 76.4 cm³/mol. The molecule has 1 unspecified atom stereocenters. The summed E-state index contributed by atoms with van der Waals surface area (Å²) >= 11 is 0. The van der Waals surface area contributed by atoms with Crippen molar-refractivity contribution < 1.29 is 0 Å². The Morgan fingerprint density at radius 2 is 2.26 bits per heavy atom. The van der Waals surface area contributed by atoms with Crippen molar-refractivity contribution in [1.29, 1.82) is 0 Å². The number of anilines is 1. The highest BCUT2D eigenvalue weighted by Crippen LogP contribution is 2.18. The molecule has 0 saturated carbocycles. The van der Waals surface area contributed by atoms with Crippen LogP contribution < -0.4 is 11.1 Å². The third-order valence-electron chi connectivity index (χ3n) is 3.38. The third-order valence-corrected chi connectivity index (χ3v) is 3.38. The normalized spacial score (nSPS) is 18.8. The van der Waals surface area contributed by atoms with Crippen LogP contribution >= 0.6 is 0 Å². The maximum absolute atomic E-state index is 5.85. The Morgan fingerprint density at radius 1 is 1.32 bits per heavy atom. The fraction of sp³-hybridized carbons (Fsp3) is 0.333. The van der Waals surface area contributed by atoms with Gasteiger partial charge in [0.25, 0.3) is 0 Å². The Kier molecular flexibility index (Phi) is 3.30. The van der Waals surface area contributed by atoms with Gasteiger partial charge in [0, 0.05) is 23.4 Å². The van der Waals surface area contributed by atoms with Crippen LogP contribution in [0.25, 0.3) is 10.9 Å². The average Bonchev–Trinajstić information content (AvgIpc) is 2.47. The number of nitrogen functional groups attached to an aromatic ring is 1. The van der Waals surface area contributed by atoms with Gasteiger partial charge in [-0.05, 0) is 37.6 Å². The first kappa shape index (κ1) is 11.9.